The molecule has 0 N–H and O–H groups in total. The van der Waals surface area contributed by atoms with Crippen LogP contribution in [0.4, 0.5) is 9.18 Å². The normalized spacial score (nSPS) is 19.0. The van der Waals surface area contributed by atoms with Crippen LogP contribution in [0.2, 0.25) is 0 Å². The predicted octanol–water partition coefficient (Wildman–Crippen LogP) is 3.68. The van der Waals surface area contributed by atoms with E-state index in [1.165, 1.54) is 12.1 Å². The smallest absolute Gasteiger partial charge is 0.409 e. The number of hydrogen-bond donors (Lipinski definition) is 0. The summed E-state index contributed by atoms with van der Waals surface area (Å²) in [6.07, 6.45) is 3.35. The number of piperidine rings is 1. The highest BCUT2D eigenvalue weighted by atomic mass is 19.1. The van der Waals surface area contributed by atoms with Crippen molar-refractivity contribution in [2.45, 2.75) is 44.4 Å². The molecule has 1 saturated heterocycles. The molecule has 124 valence electrons. The van der Waals surface area contributed by atoms with Gasteiger partial charge in [-0.05, 0) is 43.0 Å². The summed E-state index contributed by atoms with van der Waals surface area (Å²) in [5.41, 5.74) is 1.15. The Morgan fingerprint density at radius 1 is 1.35 bits per heavy atom. The molecule has 0 bridgehead atoms. The van der Waals surface area contributed by atoms with Gasteiger partial charge in [0.05, 0.1) is 6.61 Å². The van der Waals surface area contributed by atoms with Gasteiger partial charge in [-0.3, -0.25) is 4.79 Å². The molecule has 0 saturated carbocycles. The summed E-state index contributed by atoms with van der Waals surface area (Å²) in [5.74, 6) is -0.224. The number of Topliss-reactive ketones (excluding diaryl/α,β-unsaturated/α-hetero) is 1. The zero-order chi connectivity index (χ0) is 16.4. The number of rotatable bonds is 3. The Balaban J connectivity index is 1.69. The Morgan fingerprint density at radius 3 is 2.78 bits per heavy atom. The minimum atomic E-state index is -0.311. The SMILES string of the molecule is CCCCOC(=O)N1CCC2(CC1)CC(=O)c1ccc(F)cc12. The lowest BCUT2D eigenvalue weighted by Crippen LogP contribution is -2.44. The molecule has 5 heteroatoms. The van der Waals surface area contributed by atoms with Crippen molar-refractivity contribution in [1.29, 1.82) is 0 Å². The number of benzene rings is 1. The fourth-order valence-electron chi connectivity index (χ4n) is 3.65. The van der Waals surface area contributed by atoms with Crippen LogP contribution in [0.1, 0.15) is 54.9 Å². The Labute approximate surface area is 135 Å². The monoisotopic (exact) mass is 319 g/mol. The largest absolute Gasteiger partial charge is 0.449 e. The van der Waals surface area contributed by atoms with E-state index in [9.17, 15) is 14.0 Å². The highest BCUT2D eigenvalue weighted by Gasteiger charge is 2.46. The number of nitrogens with zero attached hydrogens (tertiary/aromatic N) is 1. The molecule has 0 atom stereocenters. The lowest BCUT2D eigenvalue weighted by molar-refractivity contribution is 0.0785. The van der Waals surface area contributed by atoms with Crippen LogP contribution in [0.5, 0.6) is 0 Å². The minimum absolute atomic E-state index is 0.0824. The standard InChI is InChI=1S/C18H22FNO3/c1-2-3-10-23-17(22)20-8-6-18(7-9-20)12-16(21)14-5-4-13(19)11-15(14)18/h4-5,11H,2-3,6-10,12H2,1H3. The van der Waals surface area contributed by atoms with Gasteiger partial charge in [0.1, 0.15) is 5.82 Å². The number of ether oxygens (including phenoxy) is 1. The first-order valence-electron chi connectivity index (χ1n) is 8.31. The molecule has 0 unspecified atom stereocenters. The topological polar surface area (TPSA) is 46.6 Å². The van der Waals surface area contributed by atoms with Crippen molar-refractivity contribution in [3.63, 3.8) is 0 Å². The maximum atomic E-state index is 13.6. The van der Waals surface area contributed by atoms with Gasteiger partial charge >= 0.3 is 6.09 Å². The first-order chi connectivity index (χ1) is 11.1. The van der Waals surface area contributed by atoms with Crippen molar-refractivity contribution in [2.75, 3.05) is 19.7 Å². The third kappa shape index (κ3) is 2.96. The third-order valence-electron chi connectivity index (χ3n) is 5.05. The Kier molecular flexibility index (Phi) is 4.37. The van der Waals surface area contributed by atoms with Crippen LogP contribution in [-0.4, -0.2) is 36.5 Å². The van der Waals surface area contributed by atoms with Crippen molar-refractivity contribution in [3.05, 3.63) is 35.1 Å². The number of likely N-dealkylation sites (tertiary alicyclic amines) is 1. The summed E-state index contributed by atoms with van der Waals surface area (Å²) in [6.45, 7) is 3.60. The number of ketones is 1. The fourth-order valence-corrected chi connectivity index (χ4v) is 3.65. The molecule has 1 aromatic carbocycles. The Morgan fingerprint density at radius 2 is 2.09 bits per heavy atom. The number of carbonyl (C=O) groups excluding carboxylic acids is 2. The first-order valence-corrected chi connectivity index (χ1v) is 8.31. The van der Waals surface area contributed by atoms with Gasteiger partial charge < -0.3 is 9.64 Å². The van der Waals surface area contributed by atoms with E-state index in [0.717, 1.165) is 18.4 Å². The first kappa shape index (κ1) is 16.0. The number of carbonyl (C=O) groups is 2. The van der Waals surface area contributed by atoms with Crippen LogP contribution in [-0.2, 0) is 10.2 Å². The lowest BCUT2D eigenvalue weighted by atomic mass is 9.74. The van der Waals surface area contributed by atoms with Gasteiger partial charge in [-0.2, -0.15) is 0 Å². The Hall–Kier alpha value is -1.91. The van der Waals surface area contributed by atoms with Gasteiger partial charge in [0, 0.05) is 30.5 Å². The van der Waals surface area contributed by atoms with Crippen LogP contribution in [0, 0.1) is 5.82 Å². The average Bonchev–Trinajstić information content (AvgIpc) is 2.80. The molecule has 1 aromatic rings. The zero-order valence-electron chi connectivity index (χ0n) is 13.4. The number of fused-ring (bicyclic) bond motifs is 2. The molecule has 23 heavy (non-hydrogen) atoms. The van der Waals surface area contributed by atoms with E-state index in [4.69, 9.17) is 4.74 Å². The van der Waals surface area contributed by atoms with Crippen molar-refractivity contribution >= 4 is 11.9 Å². The van der Waals surface area contributed by atoms with Crippen molar-refractivity contribution < 1.29 is 18.7 Å². The molecule has 3 rings (SSSR count). The third-order valence-corrected chi connectivity index (χ3v) is 5.05. The van der Waals surface area contributed by atoms with Gasteiger partial charge in [0.25, 0.3) is 0 Å². The summed E-state index contributed by atoms with van der Waals surface area (Å²) in [6, 6.07) is 4.43. The van der Waals surface area contributed by atoms with Gasteiger partial charge in [-0.15, -0.1) is 0 Å². The molecular weight excluding hydrogens is 297 g/mol. The van der Waals surface area contributed by atoms with E-state index in [1.807, 2.05) is 6.92 Å². The second kappa shape index (κ2) is 6.30. The van der Waals surface area contributed by atoms with Crippen molar-refractivity contribution in [3.8, 4) is 0 Å². The molecule has 2 aliphatic rings. The van der Waals surface area contributed by atoms with Crippen LogP contribution in [0.25, 0.3) is 0 Å². The quantitative estimate of drug-likeness (QED) is 0.798. The highest BCUT2D eigenvalue weighted by Crippen LogP contribution is 2.46. The van der Waals surface area contributed by atoms with E-state index in [0.29, 0.717) is 44.5 Å². The minimum Gasteiger partial charge on any atom is -0.449 e. The van der Waals surface area contributed by atoms with Gasteiger partial charge in [0.2, 0.25) is 0 Å². The fraction of sp³-hybridized carbons (Fsp3) is 0.556. The average molecular weight is 319 g/mol. The van der Waals surface area contributed by atoms with E-state index in [1.54, 1.807) is 11.0 Å². The summed E-state index contributed by atoms with van der Waals surface area (Å²) in [7, 11) is 0. The van der Waals surface area contributed by atoms with Crippen molar-refractivity contribution in [1.82, 2.24) is 4.90 Å². The van der Waals surface area contributed by atoms with Crippen molar-refractivity contribution in [2.24, 2.45) is 0 Å². The summed E-state index contributed by atoms with van der Waals surface area (Å²) >= 11 is 0. The number of unbranched alkanes of at least 4 members (excludes halogenated alkanes) is 1. The lowest BCUT2D eigenvalue weighted by Gasteiger charge is -2.39. The summed E-state index contributed by atoms with van der Waals surface area (Å²) < 4.78 is 18.9. The summed E-state index contributed by atoms with van der Waals surface area (Å²) in [5, 5.41) is 0. The van der Waals surface area contributed by atoms with E-state index >= 15 is 0 Å². The van der Waals surface area contributed by atoms with Crippen LogP contribution >= 0.6 is 0 Å². The van der Waals surface area contributed by atoms with Crippen LogP contribution in [0.3, 0.4) is 0 Å². The predicted molar refractivity (Wildman–Crippen MR) is 84.1 cm³/mol. The van der Waals surface area contributed by atoms with E-state index in [2.05, 4.69) is 0 Å². The maximum absolute atomic E-state index is 13.6. The van der Waals surface area contributed by atoms with E-state index in [-0.39, 0.29) is 23.1 Å². The molecular formula is C18H22FNO3. The second-order valence-corrected chi connectivity index (χ2v) is 6.53. The van der Waals surface area contributed by atoms with Crippen LogP contribution in [0.15, 0.2) is 18.2 Å². The van der Waals surface area contributed by atoms with Gasteiger partial charge in [-0.1, -0.05) is 13.3 Å². The molecule has 1 aliphatic heterocycles. The molecule has 1 amide bonds. The molecule has 0 aromatic heterocycles. The second-order valence-electron chi connectivity index (χ2n) is 6.53. The van der Waals surface area contributed by atoms with Crippen LogP contribution < -0.4 is 0 Å². The summed E-state index contributed by atoms with van der Waals surface area (Å²) in [4.78, 5) is 25.9. The highest BCUT2D eigenvalue weighted by molar-refractivity contribution is 6.02. The number of hydrogen-bond acceptors (Lipinski definition) is 3. The number of halogens is 1. The zero-order valence-corrected chi connectivity index (χ0v) is 13.4. The molecule has 1 heterocycles. The van der Waals surface area contributed by atoms with E-state index < -0.39 is 0 Å². The Bertz CT molecular complexity index is 621. The molecule has 4 nitrogen and oxygen atoms in total. The molecule has 1 spiro atoms. The molecule has 1 fully saturated rings. The molecule has 1 aliphatic carbocycles. The maximum Gasteiger partial charge on any atom is 0.409 e. The molecule has 0 radical (unpaired) electrons. The van der Waals surface area contributed by atoms with Gasteiger partial charge in [-0.25, -0.2) is 9.18 Å². The number of amides is 1. The van der Waals surface area contributed by atoms with Gasteiger partial charge in [0.15, 0.2) is 5.78 Å².